The maximum atomic E-state index is 12.3. The molecule has 0 amide bonds. The minimum absolute atomic E-state index is 0.103. The van der Waals surface area contributed by atoms with Gasteiger partial charge in [0.2, 0.25) is 10.0 Å². The summed E-state index contributed by atoms with van der Waals surface area (Å²) >= 11 is 0. The third kappa shape index (κ3) is 3.49. The van der Waals surface area contributed by atoms with E-state index in [1.54, 1.807) is 6.07 Å². The lowest BCUT2D eigenvalue weighted by Gasteiger charge is -2.23. The maximum absolute atomic E-state index is 12.3. The Kier molecular flexibility index (Phi) is 4.98. The normalized spacial score (nSPS) is 17.1. The molecule has 2 rings (SSSR count). The van der Waals surface area contributed by atoms with E-state index in [0.717, 1.165) is 0 Å². The van der Waals surface area contributed by atoms with E-state index in [9.17, 15) is 13.5 Å². The highest BCUT2D eigenvalue weighted by Gasteiger charge is 2.22. The number of nitrogens with one attached hydrogen (secondary N) is 1. The number of ether oxygens (including phenoxy) is 2. The van der Waals surface area contributed by atoms with Gasteiger partial charge in [0.15, 0.2) is 0 Å². The van der Waals surface area contributed by atoms with Gasteiger partial charge in [0.05, 0.1) is 18.6 Å². The van der Waals surface area contributed by atoms with Crippen molar-refractivity contribution in [3.63, 3.8) is 0 Å². The molecule has 1 heterocycles. The van der Waals surface area contributed by atoms with Crippen LogP contribution in [0.1, 0.15) is 18.4 Å². The van der Waals surface area contributed by atoms with Crippen molar-refractivity contribution in [2.45, 2.75) is 30.4 Å². The van der Waals surface area contributed by atoms with Crippen molar-refractivity contribution >= 4 is 10.0 Å². The average Bonchev–Trinajstić information content (AvgIpc) is 2.47. The third-order valence-electron chi connectivity index (χ3n) is 3.28. The summed E-state index contributed by atoms with van der Waals surface area (Å²) in [6.45, 7) is 0.860. The van der Waals surface area contributed by atoms with Crippen LogP contribution in [0.4, 0.5) is 0 Å². The fourth-order valence-corrected chi connectivity index (χ4v) is 3.50. The molecule has 1 aliphatic heterocycles. The highest BCUT2D eigenvalue weighted by atomic mass is 32.2. The van der Waals surface area contributed by atoms with Crippen LogP contribution >= 0.6 is 0 Å². The summed E-state index contributed by atoms with van der Waals surface area (Å²) in [5.74, 6) is 0.470. The van der Waals surface area contributed by atoms with E-state index in [1.165, 1.54) is 19.2 Å². The molecular formula is C13H19NO5S. The molecule has 20 heavy (non-hydrogen) atoms. The van der Waals surface area contributed by atoms with E-state index in [2.05, 4.69) is 4.72 Å². The van der Waals surface area contributed by atoms with E-state index < -0.39 is 10.0 Å². The van der Waals surface area contributed by atoms with Crippen molar-refractivity contribution < 1.29 is 23.0 Å². The predicted molar refractivity (Wildman–Crippen MR) is 73.1 cm³/mol. The number of rotatable bonds is 5. The van der Waals surface area contributed by atoms with E-state index in [4.69, 9.17) is 9.47 Å². The Balaban J connectivity index is 2.20. The van der Waals surface area contributed by atoms with Crippen LogP contribution in [0.3, 0.4) is 0 Å². The van der Waals surface area contributed by atoms with Crippen molar-refractivity contribution in [1.82, 2.24) is 4.72 Å². The van der Waals surface area contributed by atoms with Gasteiger partial charge >= 0.3 is 0 Å². The summed E-state index contributed by atoms with van der Waals surface area (Å²) in [4.78, 5) is 0.133. The van der Waals surface area contributed by atoms with Crippen molar-refractivity contribution in [1.29, 1.82) is 0 Å². The molecule has 1 aromatic carbocycles. The number of sulfonamides is 1. The van der Waals surface area contributed by atoms with Gasteiger partial charge in [-0.3, -0.25) is 0 Å². The quantitative estimate of drug-likeness (QED) is 0.834. The van der Waals surface area contributed by atoms with Gasteiger partial charge in [0, 0.05) is 24.8 Å². The number of aliphatic hydroxyl groups excluding tert-OH is 1. The van der Waals surface area contributed by atoms with Crippen LogP contribution < -0.4 is 9.46 Å². The summed E-state index contributed by atoms with van der Waals surface area (Å²) in [6, 6.07) is 4.35. The van der Waals surface area contributed by atoms with Gasteiger partial charge in [-0.05, 0) is 31.0 Å². The van der Waals surface area contributed by atoms with Crippen LogP contribution in [-0.4, -0.2) is 39.9 Å². The lowest BCUT2D eigenvalue weighted by Crippen LogP contribution is -2.38. The van der Waals surface area contributed by atoms with Gasteiger partial charge in [-0.1, -0.05) is 0 Å². The zero-order chi connectivity index (χ0) is 14.6. The first-order valence-corrected chi connectivity index (χ1v) is 7.93. The molecule has 2 N–H and O–H groups in total. The van der Waals surface area contributed by atoms with E-state index in [-0.39, 0.29) is 17.5 Å². The first-order chi connectivity index (χ1) is 9.56. The predicted octanol–water partition coefficient (Wildman–Crippen LogP) is 0.645. The second kappa shape index (κ2) is 6.53. The summed E-state index contributed by atoms with van der Waals surface area (Å²) in [5.41, 5.74) is 0.447. The van der Waals surface area contributed by atoms with Gasteiger partial charge in [-0.25, -0.2) is 13.1 Å². The molecule has 0 aliphatic carbocycles. The lowest BCUT2D eigenvalue weighted by molar-refractivity contribution is 0.0832. The van der Waals surface area contributed by atoms with Crippen molar-refractivity contribution in [2.24, 2.45) is 0 Å². The summed E-state index contributed by atoms with van der Waals surface area (Å²) in [7, 11) is -2.11. The summed E-state index contributed by atoms with van der Waals surface area (Å²) < 4.78 is 37.5. The molecule has 7 heteroatoms. The number of methoxy groups -OCH3 is 1. The van der Waals surface area contributed by atoms with Gasteiger partial charge < -0.3 is 14.6 Å². The summed E-state index contributed by atoms with van der Waals surface area (Å²) in [6.07, 6.45) is 1.34. The fourth-order valence-electron chi connectivity index (χ4n) is 2.15. The second-order valence-electron chi connectivity index (χ2n) is 4.64. The molecule has 0 atom stereocenters. The average molecular weight is 301 g/mol. The Labute approximate surface area is 118 Å². The van der Waals surface area contributed by atoms with Crippen LogP contribution in [0.5, 0.6) is 5.75 Å². The molecule has 1 fully saturated rings. The zero-order valence-electron chi connectivity index (χ0n) is 11.3. The van der Waals surface area contributed by atoms with Crippen molar-refractivity contribution in [3.05, 3.63) is 23.8 Å². The minimum atomic E-state index is -3.59. The van der Waals surface area contributed by atoms with Crippen LogP contribution in [0.15, 0.2) is 23.1 Å². The second-order valence-corrected chi connectivity index (χ2v) is 6.35. The third-order valence-corrected chi connectivity index (χ3v) is 4.79. The minimum Gasteiger partial charge on any atom is -0.496 e. The number of hydrogen-bond acceptors (Lipinski definition) is 5. The van der Waals surface area contributed by atoms with Crippen molar-refractivity contribution in [3.8, 4) is 5.75 Å². The van der Waals surface area contributed by atoms with Crippen LogP contribution in [0.25, 0.3) is 0 Å². The number of aliphatic hydroxyl groups is 1. The first-order valence-electron chi connectivity index (χ1n) is 6.44. The molecule has 1 saturated heterocycles. The Bertz CT molecular complexity index is 552. The Hall–Kier alpha value is -1.15. The number of hydrogen-bond donors (Lipinski definition) is 2. The van der Waals surface area contributed by atoms with Gasteiger partial charge in [-0.15, -0.1) is 0 Å². The molecule has 0 spiro atoms. The fraction of sp³-hybridized carbons (Fsp3) is 0.538. The lowest BCUT2D eigenvalue weighted by atomic mass is 10.1. The molecule has 112 valence electrons. The molecule has 0 saturated carbocycles. The molecule has 0 aromatic heterocycles. The van der Waals surface area contributed by atoms with Crippen LogP contribution in [0.2, 0.25) is 0 Å². The molecule has 6 nitrogen and oxygen atoms in total. The standard InChI is InChI=1S/C13H19NO5S/c1-18-13-3-2-12(8-10(13)9-15)20(16,17)14-11-4-6-19-7-5-11/h2-3,8,11,14-15H,4-7,9H2,1H3. The van der Waals surface area contributed by atoms with Gasteiger partial charge in [-0.2, -0.15) is 0 Å². The number of benzene rings is 1. The van der Waals surface area contributed by atoms with Crippen molar-refractivity contribution in [2.75, 3.05) is 20.3 Å². The van der Waals surface area contributed by atoms with Gasteiger partial charge in [0.25, 0.3) is 0 Å². The van der Waals surface area contributed by atoms with E-state index in [0.29, 0.717) is 37.4 Å². The molecule has 0 bridgehead atoms. The topological polar surface area (TPSA) is 84.9 Å². The van der Waals surface area contributed by atoms with Crippen LogP contribution in [-0.2, 0) is 21.4 Å². The van der Waals surface area contributed by atoms with Crippen LogP contribution in [0, 0.1) is 0 Å². The van der Waals surface area contributed by atoms with Gasteiger partial charge in [0.1, 0.15) is 5.75 Å². The molecule has 1 aromatic rings. The summed E-state index contributed by atoms with van der Waals surface area (Å²) in [5, 5.41) is 9.25. The molecular weight excluding hydrogens is 282 g/mol. The first kappa shape index (κ1) is 15.2. The SMILES string of the molecule is COc1ccc(S(=O)(=O)NC2CCOCC2)cc1CO. The molecule has 0 radical (unpaired) electrons. The monoisotopic (exact) mass is 301 g/mol. The maximum Gasteiger partial charge on any atom is 0.240 e. The highest BCUT2D eigenvalue weighted by Crippen LogP contribution is 2.23. The highest BCUT2D eigenvalue weighted by molar-refractivity contribution is 7.89. The Morgan fingerprint density at radius 2 is 2.10 bits per heavy atom. The van der Waals surface area contributed by atoms with E-state index in [1.807, 2.05) is 0 Å². The molecule has 0 unspecified atom stereocenters. The Morgan fingerprint density at radius 1 is 1.40 bits per heavy atom. The van der Waals surface area contributed by atoms with E-state index >= 15 is 0 Å². The smallest absolute Gasteiger partial charge is 0.240 e. The molecule has 1 aliphatic rings. The Morgan fingerprint density at radius 3 is 2.70 bits per heavy atom. The zero-order valence-corrected chi connectivity index (χ0v) is 12.1. The largest absolute Gasteiger partial charge is 0.496 e.